The van der Waals surface area contributed by atoms with Gasteiger partial charge in [-0.1, -0.05) is 24.3 Å². The molecule has 1 unspecified atom stereocenters. The molecule has 0 aromatic heterocycles. The molecule has 0 saturated carbocycles. The SMILES string of the molecule is C/C=S1\OCc2ccccc2C1=N. The van der Waals surface area contributed by atoms with Crippen LogP contribution >= 0.6 is 10.8 Å². The van der Waals surface area contributed by atoms with Crippen LogP contribution in [0, 0.1) is 5.41 Å². The van der Waals surface area contributed by atoms with Gasteiger partial charge in [0.1, 0.15) is 5.04 Å². The molecule has 1 aliphatic rings. The van der Waals surface area contributed by atoms with Crippen molar-refractivity contribution in [1.29, 1.82) is 5.41 Å². The van der Waals surface area contributed by atoms with Crippen LogP contribution in [0.5, 0.6) is 0 Å². The van der Waals surface area contributed by atoms with Gasteiger partial charge in [0, 0.05) is 5.56 Å². The molecule has 1 atom stereocenters. The van der Waals surface area contributed by atoms with Crippen molar-refractivity contribution >= 4 is 21.2 Å². The molecule has 0 amide bonds. The Balaban J connectivity index is 2.51. The summed E-state index contributed by atoms with van der Waals surface area (Å²) in [5.74, 6) is 0. The molecule has 1 aromatic carbocycles. The quantitative estimate of drug-likeness (QED) is 0.631. The van der Waals surface area contributed by atoms with Gasteiger partial charge in [0.15, 0.2) is 0 Å². The van der Waals surface area contributed by atoms with Gasteiger partial charge in [0.2, 0.25) is 0 Å². The van der Waals surface area contributed by atoms with Crippen LogP contribution in [0.1, 0.15) is 18.1 Å². The molecule has 2 rings (SSSR count). The molecule has 2 nitrogen and oxygen atoms in total. The fraction of sp³-hybridized carbons (Fsp3) is 0.200. The van der Waals surface area contributed by atoms with E-state index in [0.29, 0.717) is 11.7 Å². The first-order valence-corrected chi connectivity index (χ1v) is 5.37. The number of benzene rings is 1. The Morgan fingerprint density at radius 1 is 1.46 bits per heavy atom. The Morgan fingerprint density at radius 2 is 2.23 bits per heavy atom. The maximum Gasteiger partial charge on any atom is 0.114 e. The van der Waals surface area contributed by atoms with E-state index in [9.17, 15) is 0 Å². The zero-order valence-electron chi connectivity index (χ0n) is 7.41. The Labute approximate surface area is 80.2 Å². The molecule has 0 bridgehead atoms. The number of fused-ring (bicyclic) bond motifs is 1. The molecule has 1 aromatic rings. The van der Waals surface area contributed by atoms with Gasteiger partial charge in [0.05, 0.1) is 6.61 Å². The minimum absolute atomic E-state index is 0.399. The topological polar surface area (TPSA) is 33.1 Å². The van der Waals surface area contributed by atoms with Gasteiger partial charge in [-0.15, -0.1) is 0 Å². The average Bonchev–Trinajstić information content (AvgIpc) is 2.19. The zero-order chi connectivity index (χ0) is 9.26. The summed E-state index contributed by atoms with van der Waals surface area (Å²) in [6, 6.07) is 7.95. The standard InChI is InChI=1S/C10H11NOS/c1-2-13-10(11)9-6-4-3-5-8(9)7-12-13/h2-6,11H,7H2,1H3. The van der Waals surface area contributed by atoms with Crippen LogP contribution in [-0.4, -0.2) is 10.4 Å². The first kappa shape index (κ1) is 8.66. The molecule has 68 valence electrons. The highest BCUT2D eigenvalue weighted by Crippen LogP contribution is 2.30. The third-order valence-electron chi connectivity index (χ3n) is 2.02. The predicted octanol–water partition coefficient (Wildman–Crippen LogP) is 2.55. The van der Waals surface area contributed by atoms with E-state index in [2.05, 4.69) is 0 Å². The number of rotatable bonds is 0. The molecule has 0 saturated heterocycles. The Kier molecular flexibility index (Phi) is 2.29. The normalized spacial score (nSPS) is 21.6. The smallest absolute Gasteiger partial charge is 0.114 e. The molecular formula is C10H11NOS. The van der Waals surface area contributed by atoms with Crippen molar-refractivity contribution in [2.24, 2.45) is 0 Å². The lowest BCUT2D eigenvalue weighted by Crippen LogP contribution is -2.10. The van der Waals surface area contributed by atoms with Crippen molar-refractivity contribution in [3.63, 3.8) is 0 Å². The van der Waals surface area contributed by atoms with Crippen molar-refractivity contribution in [3.8, 4) is 0 Å². The van der Waals surface area contributed by atoms with E-state index < -0.39 is 10.8 Å². The van der Waals surface area contributed by atoms with Gasteiger partial charge in [-0.05, 0) is 28.6 Å². The molecule has 3 heteroatoms. The van der Waals surface area contributed by atoms with E-state index >= 15 is 0 Å². The van der Waals surface area contributed by atoms with Crippen LogP contribution in [-0.2, 0) is 10.8 Å². The lowest BCUT2D eigenvalue weighted by Gasteiger charge is -2.19. The van der Waals surface area contributed by atoms with Gasteiger partial charge < -0.3 is 4.18 Å². The van der Waals surface area contributed by atoms with E-state index in [4.69, 9.17) is 9.59 Å². The Bertz CT molecular complexity index is 384. The largest absolute Gasteiger partial charge is 0.312 e. The summed E-state index contributed by atoms with van der Waals surface area (Å²) in [4.78, 5) is 0. The first-order valence-electron chi connectivity index (χ1n) is 4.15. The number of hydrogen-bond acceptors (Lipinski definition) is 2. The third-order valence-corrected chi connectivity index (χ3v) is 3.44. The van der Waals surface area contributed by atoms with E-state index in [0.717, 1.165) is 11.1 Å². The summed E-state index contributed by atoms with van der Waals surface area (Å²) in [6.07, 6.45) is 0. The Morgan fingerprint density at radius 3 is 3.00 bits per heavy atom. The van der Waals surface area contributed by atoms with Crippen LogP contribution in [0.3, 0.4) is 0 Å². The van der Waals surface area contributed by atoms with Crippen molar-refractivity contribution < 1.29 is 4.18 Å². The van der Waals surface area contributed by atoms with Gasteiger partial charge in [-0.25, -0.2) is 0 Å². The summed E-state index contributed by atoms with van der Waals surface area (Å²) < 4.78 is 5.51. The van der Waals surface area contributed by atoms with E-state index in [-0.39, 0.29) is 0 Å². The molecule has 0 aliphatic carbocycles. The fourth-order valence-electron chi connectivity index (χ4n) is 1.35. The van der Waals surface area contributed by atoms with Crippen LogP contribution in [0.25, 0.3) is 0 Å². The highest BCUT2D eigenvalue weighted by molar-refractivity contribution is 8.24. The van der Waals surface area contributed by atoms with Crippen molar-refractivity contribution in [1.82, 2.24) is 0 Å². The maximum absolute atomic E-state index is 7.88. The average molecular weight is 193 g/mol. The molecule has 0 spiro atoms. The van der Waals surface area contributed by atoms with Crippen molar-refractivity contribution in [2.75, 3.05) is 0 Å². The fourth-order valence-corrected chi connectivity index (χ4v) is 2.51. The second-order valence-corrected chi connectivity index (χ2v) is 4.49. The Hall–Kier alpha value is -0.930. The van der Waals surface area contributed by atoms with Gasteiger partial charge in [-0.3, -0.25) is 5.41 Å². The van der Waals surface area contributed by atoms with Crippen molar-refractivity contribution in [3.05, 3.63) is 35.4 Å². The summed E-state index contributed by atoms with van der Waals surface area (Å²) in [7, 11) is -0.399. The molecule has 0 radical (unpaired) electrons. The van der Waals surface area contributed by atoms with Crippen LogP contribution < -0.4 is 0 Å². The van der Waals surface area contributed by atoms with Gasteiger partial charge in [-0.2, -0.15) is 0 Å². The second-order valence-electron chi connectivity index (χ2n) is 2.78. The highest BCUT2D eigenvalue weighted by atomic mass is 32.2. The van der Waals surface area contributed by atoms with Gasteiger partial charge in [0.25, 0.3) is 0 Å². The van der Waals surface area contributed by atoms with Gasteiger partial charge >= 0.3 is 0 Å². The first-order chi connectivity index (χ1) is 6.33. The molecule has 13 heavy (non-hydrogen) atoms. The number of nitrogens with one attached hydrogen (secondary N) is 1. The van der Waals surface area contributed by atoms with Crippen LogP contribution in [0.2, 0.25) is 0 Å². The molecule has 1 aliphatic heterocycles. The molecular weight excluding hydrogens is 182 g/mol. The third kappa shape index (κ3) is 1.45. The minimum Gasteiger partial charge on any atom is -0.312 e. The number of hydrogen-bond donors (Lipinski definition) is 1. The van der Waals surface area contributed by atoms with Crippen LogP contribution in [0.15, 0.2) is 24.3 Å². The molecule has 1 N–H and O–H groups in total. The summed E-state index contributed by atoms with van der Waals surface area (Å²) in [5.41, 5.74) is 2.16. The zero-order valence-corrected chi connectivity index (χ0v) is 8.23. The lowest BCUT2D eigenvalue weighted by molar-refractivity contribution is 0.363. The predicted molar refractivity (Wildman–Crippen MR) is 57.4 cm³/mol. The summed E-state index contributed by atoms with van der Waals surface area (Å²) >= 11 is 0. The summed E-state index contributed by atoms with van der Waals surface area (Å²) in [6.45, 7) is 2.57. The molecule has 1 heterocycles. The monoisotopic (exact) mass is 193 g/mol. The molecule has 0 fully saturated rings. The van der Waals surface area contributed by atoms with Crippen LogP contribution in [0.4, 0.5) is 0 Å². The second kappa shape index (κ2) is 3.44. The van der Waals surface area contributed by atoms with E-state index in [1.54, 1.807) is 0 Å². The summed E-state index contributed by atoms with van der Waals surface area (Å²) in [5, 5.41) is 10.4. The van der Waals surface area contributed by atoms with Crippen molar-refractivity contribution in [2.45, 2.75) is 13.5 Å². The highest BCUT2D eigenvalue weighted by Gasteiger charge is 2.16. The van der Waals surface area contributed by atoms with E-state index in [1.165, 1.54) is 0 Å². The van der Waals surface area contributed by atoms with E-state index in [1.807, 2.05) is 36.6 Å². The maximum atomic E-state index is 7.88. The lowest BCUT2D eigenvalue weighted by atomic mass is 10.1. The minimum atomic E-state index is -0.399.